The van der Waals surface area contributed by atoms with Crippen LogP contribution >= 0.6 is 11.8 Å². The second-order valence-electron chi connectivity index (χ2n) is 6.51. The van der Waals surface area contributed by atoms with Crippen molar-refractivity contribution in [1.82, 2.24) is 4.90 Å². The minimum Gasteiger partial charge on any atom is -0.497 e. The number of hydrogen-bond donors (Lipinski definition) is 0. The van der Waals surface area contributed by atoms with E-state index in [0.717, 1.165) is 11.8 Å². The van der Waals surface area contributed by atoms with Gasteiger partial charge in [0.25, 0.3) is 0 Å². The summed E-state index contributed by atoms with van der Waals surface area (Å²) in [6.45, 7) is 1.88. The van der Waals surface area contributed by atoms with Gasteiger partial charge in [0.2, 0.25) is 10.8 Å². The minimum absolute atomic E-state index is 0.0374. The predicted octanol–water partition coefficient (Wildman–Crippen LogP) is 2.84. The number of nitriles is 3. The Kier molecular flexibility index (Phi) is 8.29. The first-order valence-electron chi connectivity index (χ1n) is 9.40. The van der Waals surface area contributed by atoms with Gasteiger partial charge in [0.05, 0.1) is 31.4 Å². The van der Waals surface area contributed by atoms with Gasteiger partial charge in [-0.05, 0) is 19.1 Å². The molecule has 9 nitrogen and oxygen atoms in total. The van der Waals surface area contributed by atoms with E-state index in [1.54, 1.807) is 50.2 Å². The minimum atomic E-state index is -1.55. The lowest BCUT2D eigenvalue weighted by Gasteiger charge is -2.30. The highest BCUT2D eigenvalue weighted by atomic mass is 32.2. The Balaban J connectivity index is 2.78. The Morgan fingerprint density at radius 2 is 1.91 bits per heavy atom. The van der Waals surface area contributed by atoms with Crippen LogP contribution in [0.3, 0.4) is 0 Å². The first kappa shape index (κ1) is 24.3. The van der Waals surface area contributed by atoms with Crippen LogP contribution in [0.5, 0.6) is 5.75 Å². The van der Waals surface area contributed by atoms with Gasteiger partial charge in [-0.2, -0.15) is 15.8 Å². The van der Waals surface area contributed by atoms with Crippen molar-refractivity contribution in [3.63, 3.8) is 0 Å². The van der Waals surface area contributed by atoms with E-state index in [4.69, 9.17) is 14.2 Å². The zero-order valence-corrected chi connectivity index (χ0v) is 18.9. The van der Waals surface area contributed by atoms with Crippen LogP contribution in [0.2, 0.25) is 0 Å². The molecule has 32 heavy (non-hydrogen) atoms. The van der Waals surface area contributed by atoms with Gasteiger partial charge in [0, 0.05) is 19.7 Å². The van der Waals surface area contributed by atoms with Crippen LogP contribution in [0, 0.1) is 34.0 Å². The molecule has 1 aliphatic rings. The van der Waals surface area contributed by atoms with Crippen molar-refractivity contribution in [2.45, 2.75) is 11.9 Å². The lowest BCUT2D eigenvalue weighted by atomic mass is 9.93. The predicted molar refractivity (Wildman–Crippen MR) is 118 cm³/mol. The molecule has 0 spiro atoms. The third kappa shape index (κ3) is 5.03. The number of hydrogen-bond acceptors (Lipinski definition) is 9. The van der Waals surface area contributed by atoms with E-state index in [2.05, 4.69) is 4.99 Å². The average molecular weight is 452 g/mol. The fraction of sp³-hybridized carbons (Fsp3) is 0.318. The van der Waals surface area contributed by atoms with Crippen LogP contribution in [0.4, 0.5) is 0 Å². The Morgan fingerprint density at radius 1 is 1.25 bits per heavy atom. The quantitative estimate of drug-likeness (QED) is 0.253. The van der Waals surface area contributed by atoms with Gasteiger partial charge in [-0.25, -0.2) is 4.99 Å². The van der Waals surface area contributed by atoms with E-state index in [0.29, 0.717) is 11.3 Å². The fourth-order valence-electron chi connectivity index (χ4n) is 2.86. The van der Waals surface area contributed by atoms with Gasteiger partial charge in [0.1, 0.15) is 35.1 Å². The number of esters is 1. The number of aliphatic imine (C=N–C) groups is 1. The Morgan fingerprint density at radius 3 is 2.41 bits per heavy atom. The Labute approximate surface area is 190 Å². The molecule has 1 aliphatic heterocycles. The molecule has 0 aromatic heterocycles. The smallest absolute Gasteiger partial charge is 0.316 e. The highest BCUT2D eigenvalue weighted by Crippen LogP contribution is 2.54. The van der Waals surface area contributed by atoms with Gasteiger partial charge >= 0.3 is 5.97 Å². The van der Waals surface area contributed by atoms with Crippen LogP contribution in [0.1, 0.15) is 12.5 Å². The van der Waals surface area contributed by atoms with E-state index < -0.39 is 10.9 Å². The van der Waals surface area contributed by atoms with E-state index in [-0.39, 0.29) is 35.0 Å². The second-order valence-corrected chi connectivity index (χ2v) is 7.67. The van der Waals surface area contributed by atoms with Crippen LogP contribution in [0.15, 0.2) is 51.9 Å². The van der Waals surface area contributed by atoms with Crippen molar-refractivity contribution in [1.29, 1.82) is 15.8 Å². The number of ether oxygens (including phenoxy) is 3. The molecule has 0 saturated heterocycles. The third-order valence-corrected chi connectivity index (χ3v) is 5.50. The molecule has 1 heterocycles. The van der Waals surface area contributed by atoms with Crippen LogP contribution in [0.25, 0.3) is 0 Å². The SMILES string of the molecule is CCOC(=O)CSC1(c2ccc(OC)cc2)OC(/N=C/N(C)C)=C(C#N)C1=C(C#N)C#N. The van der Waals surface area contributed by atoms with Gasteiger partial charge in [-0.3, -0.25) is 4.79 Å². The van der Waals surface area contributed by atoms with Crippen LogP contribution in [-0.2, 0) is 19.2 Å². The number of carbonyl (C=O) groups is 1. The fourth-order valence-corrected chi connectivity index (χ4v) is 4.05. The molecule has 0 amide bonds. The molecule has 0 aliphatic carbocycles. The normalized spacial score (nSPS) is 17.2. The van der Waals surface area contributed by atoms with Crippen LogP contribution in [-0.4, -0.2) is 50.8 Å². The molecular weight excluding hydrogens is 430 g/mol. The van der Waals surface area contributed by atoms with Crippen molar-refractivity contribution < 1.29 is 19.0 Å². The lowest BCUT2D eigenvalue weighted by molar-refractivity contribution is -0.139. The Hall–Kier alpha value is -3.94. The zero-order chi connectivity index (χ0) is 23.7. The Bertz CT molecular complexity index is 1070. The molecule has 0 fully saturated rings. The maximum absolute atomic E-state index is 12.2. The highest BCUT2D eigenvalue weighted by molar-refractivity contribution is 8.00. The number of benzene rings is 1. The molecule has 0 N–H and O–H groups in total. The standard InChI is InChI=1S/C22H21N5O4S/c1-5-30-19(28)13-32-22(16-6-8-17(29-4)9-7-16)20(15(10-23)11-24)18(12-25)21(31-22)26-14-27(2)3/h6-9,14H,5,13H2,1-4H3/b26-14+. The lowest BCUT2D eigenvalue weighted by Crippen LogP contribution is -2.27. The van der Waals surface area contributed by atoms with Crippen molar-refractivity contribution in [3.05, 3.63) is 52.4 Å². The summed E-state index contributed by atoms with van der Waals surface area (Å²) in [6.07, 6.45) is 1.43. The number of allylic oxidation sites excluding steroid dienone is 1. The number of carbonyl (C=O) groups excluding carboxylic acids is 1. The van der Waals surface area contributed by atoms with Gasteiger partial charge in [-0.15, -0.1) is 0 Å². The molecule has 0 saturated carbocycles. The number of methoxy groups -OCH3 is 1. The first-order valence-corrected chi connectivity index (χ1v) is 10.4. The summed E-state index contributed by atoms with van der Waals surface area (Å²) in [7, 11) is 5.00. The molecule has 1 aromatic carbocycles. The van der Waals surface area contributed by atoms with E-state index in [1.807, 2.05) is 18.2 Å². The number of rotatable bonds is 8. The van der Waals surface area contributed by atoms with Gasteiger partial charge in [-0.1, -0.05) is 23.9 Å². The number of thioether (sulfide) groups is 1. The molecule has 0 radical (unpaired) electrons. The van der Waals surface area contributed by atoms with Crippen molar-refractivity contribution in [2.24, 2.45) is 4.99 Å². The molecule has 1 unspecified atom stereocenters. The molecule has 0 bridgehead atoms. The second kappa shape index (κ2) is 10.9. The summed E-state index contributed by atoms with van der Waals surface area (Å²) in [5.74, 6) is -0.154. The maximum atomic E-state index is 12.2. The largest absolute Gasteiger partial charge is 0.497 e. The summed E-state index contributed by atoms with van der Waals surface area (Å²) < 4.78 is 16.4. The molecule has 164 valence electrons. The van der Waals surface area contributed by atoms with Crippen molar-refractivity contribution >= 4 is 24.1 Å². The van der Waals surface area contributed by atoms with Crippen molar-refractivity contribution in [3.8, 4) is 24.0 Å². The molecule has 10 heteroatoms. The third-order valence-electron chi connectivity index (χ3n) is 4.19. The summed E-state index contributed by atoms with van der Waals surface area (Å²) >= 11 is 0.992. The summed E-state index contributed by atoms with van der Waals surface area (Å²) in [6, 6.07) is 12.4. The zero-order valence-electron chi connectivity index (χ0n) is 18.1. The van der Waals surface area contributed by atoms with Gasteiger partial charge < -0.3 is 19.1 Å². The maximum Gasteiger partial charge on any atom is 0.316 e. The van der Waals surface area contributed by atoms with E-state index in [9.17, 15) is 20.6 Å². The van der Waals surface area contributed by atoms with Crippen LogP contribution < -0.4 is 4.74 Å². The topological polar surface area (TPSA) is 132 Å². The average Bonchev–Trinajstić information content (AvgIpc) is 3.12. The monoisotopic (exact) mass is 451 g/mol. The van der Waals surface area contributed by atoms with E-state index in [1.165, 1.54) is 13.4 Å². The molecule has 1 atom stereocenters. The first-order chi connectivity index (χ1) is 15.4. The number of nitrogens with zero attached hydrogens (tertiary/aromatic N) is 5. The van der Waals surface area contributed by atoms with Crippen molar-refractivity contribution in [2.75, 3.05) is 33.6 Å². The molecule has 2 rings (SSSR count). The summed E-state index contributed by atoms with van der Waals surface area (Å²) in [5, 5.41) is 29.2. The van der Waals surface area contributed by atoms with E-state index >= 15 is 0 Å². The van der Waals surface area contributed by atoms with Gasteiger partial charge in [0.15, 0.2) is 0 Å². The highest BCUT2D eigenvalue weighted by Gasteiger charge is 2.51. The molecule has 1 aromatic rings. The summed E-state index contributed by atoms with van der Waals surface area (Å²) in [5.41, 5.74) is 0.154. The molecular formula is C22H21N5O4S. The summed E-state index contributed by atoms with van der Waals surface area (Å²) in [4.78, 5) is 16.5.